The average molecular weight is 331 g/mol. The standard InChI is InChI=1S/C17H21N3O2S/c1-20(2)16(21)10-11-18-17(22)14-12-23-15(19-14)9-8-13-6-4-3-5-7-13/h3-7,12H,8-11H2,1-2H3,(H,18,22). The van der Waals surface area contributed by atoms with Crippen molar-refractivity contribution < 1.29 is 9.59 Å². The van der Waals surface area contributed by atoms with E-state index in [9.17, 15) is 9.59 Å². The molecule has 1 aromatic carbocycles. The van der Waals surface area contributed by atoms with Crippen LogP contribution in [0.25, 0.3) is 0 Å². The van der Waals surface area contributed by atoms with Gasteiger partial charge in [-0.2, -0.15) is 0 Å². The van der Waals surface area contributed by atoms with Gasteiger partial charge in [0, 0.05) is 38.9 Å². The van der Waals surface area contributed by atoms with Crippen LogP contribution in [0.3, 0.4) is 0 Å². The Balaban J connectivity index is 1.79. The lowest BCUT2D eigenvalue weighted by molar-refractivity contribution is -0.128. The number of aryl methyl sites for hydroxylation is 2. The Kier molecular flexibility index (Phi) is 6.29. The van der Waals surface area contributed by atoms with E-state index in [1.807, 2.05) is 18.2 Å². The van der Waals surface area contributed by atoms with E-state index in [1.165, 1.54) is 21.8 Å². The summed E-state index contributed by atoms with van der Waals surface area (Å²) in [7, 11) is 3.40. The Bertz CT molecular complexity index is 653. The molecule has 0 bridgehead atoms. The van der Waals surface area contributed by atoms with Gasteiger partial charge in [-0.3, -0.25) is 9.59 Å². The topological polar surface area (TPSA) is 62.3 Å². The molecule has 2 rings (SSSR count). The molecule has 1 heterocycles. The molecule has 0 aliphatic rings. The zero-order valence-corrected chi connectivity index (χ0v) is 14.2. The highest BCUT2D eigenvalue weighted by Crippen LogP contribution is 2.13. The summed E-state index contributed by atoms with van der Waals surface area (Å²) in [6.45, 7) is 0.326. The van der Waals surface area contributed by atoms with E-state index in [-0.39, 0.29) is 11.8 Å². The van der Waals surface area contributed by atoms with Crippen LogP contribution < -0.4 is 5.32 Å². The second kappa shape index (κ2) is 8.43. The normalized spacial score (nSPS) is 10.3. The minimum Gasteiger partial charge on any atom is -0.350 e. The minimum atomic E-state index is -0.223. The van der Waals surface area contributed by atoms with Crippen molar-refractivity contribution in [2.45, 2.75) is 19.3 Å². The number of carbonyl (C=O) groups is 2. The molecule has 0 saturated carbocycles. The van der Waals surface area contributed by atoms with Crippen LogP contribution in [0.15, 0.2) is 35.7 Å². The Morgan fingerprint density at radius 2 is 1.91 bits per heavy atom. The lowest BCUT2D eigenvalue weighted by Gasteiger charge is -2.09. The molecule has 0 saturated heterocycles. The average Bonchev–Trinajstić information content (AvgIpc) is 3.02. The first-order valence-electron chi connectivity index (χ1n) is 7.53. The van der Waals surface area contributed by atoms with Crippen LogP contribution in [0.2, 0.25) is 0 Å². The SMILES string of the molecule is CN(C)C(=O)CCNC(=O)c1csc(CCc2ccccc2)n1. The summed E-state index contributed by atoms with van der Waals surface area (Å²) in [5, 5.41) is 5.44. The maximum atomic E-state index is 12.0. The molecule has 0 atom stereocenters. The number of amides is 2. The van der Waals surface area contributed by atoms with E-state index in [1.54, 1.807) is 19.5 Å². The predicted molar refractivity (Wildman–Crippen MR) is 91.6 cm³/mol. The molecule has 0 unspecified atom stereocenters. The summed E-state index contributed by atoms with van der Waals surface area (Å²) in [6, 6.07) is 10.2. The molecule has 122 valence electrons. The van der Waals surface area contributed by atoms with Gasteiger partial charge in [0.1, 0.15) is 5.69 Å². The van der Waals surface area contributed by atoms with Crippen molar-refractivity contribution in [3.63, 3.8) is 0 Å². The van der Waals surface area contributed by atoms with Gasteiger partial charge in [-0.25, -0.2) is 4.98 Å². The van der Waals surface area contributed by atoms with Gasteiger partial charge >= 0.3 is 0 Å². The third kappa shape index (κ3) is 5.49. The van der Waals surface area contributed by atoms with Gasteiger partial charge in [-0.15, -0.1) is 11.3 Å². The fourth-order valence-electron chi connectivity index (χ4n) is 2.02. The summed E-state index contributed by atoms with van der Waals surface area (Å²) >= 11 is 1.49. The molecular formula is C17H21N3O2S. The van der Waals surface area contributed by atoms with E-state index in [4.69, 9.17) is 0 Å². The molecule has 0 radical (unpaired) electrons. The molecule has 0 fully saturated rings. The molecule has 1 N–H and O–H groups in total. The van der Waals surface area contributed by atoms with E-state index >= 15 is 0 Å². The third-order valence-electron chi connectivity index (χ3n) is 3.38. The van der Waals surface area contributed by atoms with Crippen LogP contribution in [-0.4, -0.2) is 42.3 Å². The van der Waals surface area contributed by atoms with E-state index in [0.29, 0.717) is 18.7 Å². The van der Waals surface area contributed by atoms with Gasteiger partial charge < -0.3 is 10.2 Å². The highest BCUT2D eigenvalue weighted by atomic mass is 32.1. The minimum absolute atomic E-state index is 0.00729. The molecule has 0 aliphatic carbocycles. The third-order valence-corrected chi connectivity index (χ3v) is 4.29. The number of benzene rings is 1. The van der Waals surface area contributed by atoms with Crippen LogP contribution in [0.5, 0.6) is 0 Å². The van der Waals surface area contributed by atoms with Crippen molar-refractivity contribution >= 4 is 23.2 Å². The number of carbonyl (C=O) groups excluding carboxylic acids is 2. The van der Waals surface area contributed by atoms with Crippen molar-refractivity contribution in [3.8, 4) is 0 Å². The summed E-state index contributed by atoms with van der Waals surface area (Å²) in [6.07, 6.45) is 2.03. The first kappa shape index (κ1) is 17.1. The van der Waals surface area contributed by atoms with Crippen molar-refractivity contribution in [3.05, 3.63) is 52.0 Å². The van der Waals surface area contributed by atoms with Crippen molar-refractivity contribution in [2.24, 2.45) is 0 Å². The van der Waals surface area contributed by atoms with Crippen LogP contribution in [0, 0.1) is 0 Å². The van der Waals surface area contributed by atoms with Gasteiger partial charge in [0.25, 0.3) is 5.91 Å². The molecule has 0 aliphatic heterocycles. The maximum Gasteiger partial charge on any atom is 0.270 e. The Morgan fingerprint density at radius 1 is 1.17 bits per heavy atom. The van der Waals surface area contributed by atoms with Gasteiger partial charge in [0.05, 0.1) is 5.01 Å². The summed E-state index contributed by atoms with van der Waals surface area (Å²) in [4.78, 5) is 29.3. The maximum absolute atomic E-state index is 12.0. The van der Waals surface area contributed by atoms with Gasteiger partial charge in [0.2, 0.25) is 5.91 Å². The number of hydrogen-bond donors (Lipinski definition) is 1. The van der Waals surface area contributed by atoms with E-state index in [2.05, 4.69) is 22.4 Å². The number of thiazole rings is 1. The number of aromatic nitrogens is 1. The highest BCUT2D eigenvalue weighted by molar-refractivity contribution is 7.09. The number of hydrogen-bond acceptors (Lipinski definition) is 4. The summed E-state index contributed by atoms with van der Waals surface area (Å²) in [5.74, 6) is -0.231. The fourth-order valence-corrected chi connectivity index (χ4v) is 2.80. The van der Waals surface area contributed by atoms with Gasteiger partial charge in [-0.1, -0.05) is 30.3 Å². The molecule has 0 spiro atoms. The summed E-state index contributed by atoms with van der Waals surface area (Å²) < 4.78 is 0. The number of nitrogens with zero attached hydrogens (tertiary/aromatic N) is 2. The van der Waals surface area contributed by atoms with Crippen LogP contribution in [0.1, 0.15) is 27.5 Å². The highest BCUT2D eigenvalue weighted by Gasteiger charge is 2.11. The first-order chi connectivity index (χ1) is 11.1. The second-order valence-electron chi connectivity index (χ2n) is 5.41. The molecular weight excluding hydrogens is 310 g/mol. The van der Waals surface area contributed by atoms with E-state index < -0.39 is 0 Å². The van der Waals surface area contributed by atoms with E-state index in [0.717, 1.165) is 17.8 Å². The smallest absolute Gasteiger partial charge is 0.270 e. The molecule has 2 aromatic rings. The molecule has 1 aromatic heterocycles. The lowest BCUT2D eigenvalue weighted by Crippen LogP contribution is -2.30. The lowest BCUT2D eigenvalue weighted by atomic mass is 10.1. The van der Waals surface area contributed by atoms with Crippen molar-refractivity contribution in [2.75, 3.05) is 20.6 Å². The van der Waals surface area contributed by atoms with Crippen molar-refractivity contribution in [1.29, 1.82) is 0 Å². The molecule has 5 nitrogen and oxygen atoms in total. The molecule has 23 heavy (non-hydrogen) atoms. The predicted octanol–water partition coefficient (Wildman–Crippen LogP) is 2.14. The van der Waals surface area contributed by atoms with Gasteiger partial charge in [0.15, 0.2) is 0 Å². The Morgan fingerprint density at radius 3 is 2.61 bits per heavy atom. The number of rotatable bonds is 7. The monoisotopic (exact) mass is 331 g/mol. The fraction of sp³-hybridized carbons (Fsp3) is 0.353. The van der Waals surface area contributed by atoms with Crippen LogP contribution in [-0.2, 0) is 17.6 Å². The van der Waals surface area contributed by atoms with Crippen LogP contribution >= 0.6 is 11.3 Å². The molecule has 2 amide bonds. The quantitative estimate of drug-likeness (QED) is 0.845. The molecule has 6 heteroatoms. The largest absolute Gasteiger partial charge is 0.350 e. The van der Waals surface area contributed by atoms with Gasteiger partial charge in [-0.05, 0) is 12.0 Å². The van der Waals surface area contributed by atoms with Crippen LogP contribution in [0.4, 0.5) is 0 Å². The zero-order valence-electron chi connectivity index (χ0n) is 13.4. The van der Waals surface area contributed by atoms with Crippen molar-refractivity contribution in [1.82, 2.24) is 15.2 Å². The first-order valence-corrected chi connectivity index (χ1v) is 8.41. The Labute approximate surface area is 140 Å². The summed E-state index contributed by atoms with van der Waals surface area (Å²) in [5.41, 5.74) is 1.69. The Hall–Kier alpha value is -2.21. The zero-order chi connectivity index (χ0) is 16.7. The second-order valence-corrected chi connectivity index (χ2v) is 6.35. The number of nitrogens with one attached hydrogen (secondary N) is 1.